The van der Waals surface area contributed by atoms with Crippen molar-refractivity contribution < 1.29 is 4.79 Å². The Balaban J connectivity index is 1.86. The van der Waals surface area contributed by atoms with Gasteiger partial charge in [0, 0.05) is 6.54 Å². The van der Waals surface area contributed by atoms with Crippen LogP contribution in [0.15, 0.2) is 10.8 Å². The van der Waals surface area contributed by atoms with Gasteiger partial charge in [0.25, 0.3) is 0 Å². The first kappa shape index (κ1) is 12.6. The van der Waals surface area contributed by atoms with Gasteiger partial charge in [-0.2, -0.15) is 11.3 Å². The van der Waals surface area contributed by atoms with E-state index in [4.69, 9.17) is 0 Å². The van der Waals surface area contributed by atoms with E-state index >= 15 is 0 Å². The van der Waals surface area contributed by atoms with Crippen LogP contribution in [0.4, 0.5) is 0 Å². The van der Waals surface area contributed by atoms with E-state index in [0.717, 1.165) is 13.0 Å². The van der Waals surface area contributed by atoms with Crippen LogP contribution in [0.1, 0.15) is 30.9 Å². The molecule has 1 aliphatic heterocycles. The number of rotatable bonds is 3. The Bertz CT molecular complexity index is 389. The van der Waals surface area contributed by atoms with E-state index in [-0.39, 0.29) is 11.9 Å². The number of carbonyl (C=O) groups is 1. The van der Waals surface area contributed by atoms with Gasteiger partial charge in [0.05, 0.1) is 6.04 Å². The summed E-state index contributed by atoms with van der Waals surface area (Å²) in [6, 6.07) is -0.0114. The summed E-state index contributed by atoms with van der Waals surface area (Å²) >= 11 is 1.69. The monoisotopic (exact) mass is 252 g/mol. The minimum absolute atomic E-state index is 0.0114. The molecule has 1 saturated heterocycles. The summed E-state index contributed by atoms with van der Waals surface area (Å²) in [5.41, 5.74) is 2.49. The Morgan fingerprint density at radius 2 is 2.41 bits per heavy atom. The highest BCUT2D eigenvalue weighted by atomic mass is 32.1. The van der Waals surface area contributed by atoms with E-state index in [1.54, 1.807) is 11.3 Å². The first-order valence-corrected chi connectivity index (χ1v) is 7.15. The van der Waals surface area contributed by atoms with Crippen LogP contribution < -0.4 is 10.6 Å². The molecule has 0 aromatic carbocycles. The van der Waals surface area contributed by atoms with Gasteiger partial charge in [-0.15, -0.1) is 0 Å². The SMILES string of the molecule is Cc1cscc1CNC(=O)C1NCCCC1C. The van der Waals surface area contributed by atoms with Crippen molar-refractivity contribution in [3.8, 4) is 0 Å². The molecule has 4 heteroatoms. The number of nitrogens with one attached hydrogen (secondary N) is 2. The Morgan fingerprint density at radius 3 is 3.06 bits per heavy atom. The average Bonchev–Trinajstić information content (AvgIpc) is 2.72. The zero-order chi connectivity index (χ0) is 12.3. The number of hydrogen-bond acceptors (Lipinski definition) is 3. The predicted molar refractivity (Wildman–Crippen MR) is 71.1 cm³/mol. The second-order valence-corrected chi connectivity index (χ2v) is 5.59. The van der Waals surface area contributed by atoms with Crippen molar-refractivity contribution in [2.24, 2.45) is 5.92 Å². The molecule has 1 aromatic rings. The van der Waals surface area contributed by atoms with Crippen molar-refractivity contribution in [3.05, 3.63) is 21.9 Å². The number of hydrogen-bond donors (Lipinski definition) is 2. The molecule has 1 aromatic heterocycles. The summed E-state index contributed by atoms with van der Waals surface area (Å²) < 4.78 is 0. The fourth-order valence-electron chi connectivity index (χ4n) is 2.26. The van der Waals surface area contributed by atoms with Crippen LogP contribution in [0.3, 0.4) is 0 Å². The van der Waals surface area contributed by atoms with E-state index in [2.05, 4.69) is 35.2 Å². The van der Waals surface area contributed by atoms with E-state index in [9.17, 15) is 4.79 Å². The fourth-order valence-corrected chi connectivity index (χ4v) is 3.12. The molecule has 1 amide bonds. The fraction of sp³-hybridized carbons (Fsp3) is 0.615. The Hall–Kier alpha value is -0.870. The molecule has 0 bridgehead atoms. The molecule has 0 spiro atoms. The maximum Gasteiger partial charge on any atom is 0.237 e. The van der Waals surface area contributed by atoms with Crippen LogP contribution in [0.25, 0.3) is 0 Å². The minimum Gasteiger partial charge on any atom is -0.351 e. The van der Waals surface area contributed by atoms with E-state index < -0.39 is 0 Å². The highest BCUT2D eigenvalue weighted by molar-refractivity contribution is 7.08. The molecule has 94 valence electrons. The molecule has 17 heavy (non-hydrogen) atoms. The van der Waals surface area contributed by atoms with E-state index in [1.165, 1.54) is 17.5 Å². The molecule has 0 radical (unpaired) electrons. The Labute approximate surface area is 107 Å². The summed E-state index contributed by atoms with van der Waals surface area (Å²) in [5.74, 6) is 0.579. The zero-order valence-electron chi connectivity index (χ0n) is 10.5. The van der Waals surface area contributed by atoms with Gasteiger partial charge in [-0.3, -0.25) is 4.79 Å². The van der Waals surface area contributed by atoms with Gasteiger partial charge >= 0.3 is 0 Å². The third kappa shape index (κ3) is 3.07. The molecule has 1 aliphatic rings. The Morgan fingerprint density at radius 1 is 1.59 bits per heavy atom. The number of carbonyl (C=O) groups excluding carboxylic acids is 1. The molecular formula is C13H20N2OS. The lowest BCUT2D eigenvalue weighted by Crippen LogP contribution is -2.50. The van der Waals surface area contributed by atoms with Gasteiger partial charge in [-0.05, 0) is 54.1 Å². The molecule has 3 nitrogen and oxygen atoms in total. The van der Waals surface area contributed by atoms with Crippen LogP contribution in [0, 0.1) is 12.8 Å². The largest absolute Gasteiger partial charge is 0.351 e. The minimum atomic E-state index is -0.0114. The van der Waals surface area contributed by atoms with Crippen LogP contribution in [-0.4, -0.2) is 18.5 Å². The molecule has 2 heterocycles. The van der Waals surface area contributed by atoms with Gasteiger partial charge in [-0.25, -0.2) is 0 Å². The summed E-state index contributed by atoms with van der Waals surface area (Å²) in [4.78, 5) is 12.0. The highest BCUT2D eigenvalue weighted by Crippen LogP contribution is 2.16. The molecule has 2 N–H and O–H groups in total. The lowest BCUT2D eigenvalue weighted by Gasteiger charge is -2.28. The third-order valence-electron chi connectivity index (χ3n) is 3.47. The van der Waals surface area contributed by atoms with Gasteiger partial charge in [0.1, 0.15) is 0 Å². The Kier molecular flexibility index (Phi) is 4.18. The second kappa shape index (κ2) is 5.65. The zero-order valence-corrected chi connectivity index (χ0v) is 11.3. The van der Waals surface area contributed by atoms with Gasteiger partial charge in [-0.1, -0.05) is 6.92 Å². The van der Waals surface area contributed by atoms with Crippen molar-refractivity contribution >= 4 is 17.2 Å². The van der Waals surface area contributed by atoms with Crippen molar-refractivity contribution in [1.82, 2.24) is 10.6 Å². The van der Waals surface area contributed by atoms with E-state index in [0.29, 0.717) is 12.5 Å². The quantitative estimate of drug-likeness (QED) is 0.864. The van der Waals surface area contributed by atoms with Gasteiger partial charge < -0.3 is 10.6 Å². The summed E-state index contributed by atoms with van der Waals surface area (Å²) in [7, 11) is 0. The van der Waals surface area contributed by atoms with Crippen LogP contribution in [0.5, 0.6) is 0 Å². The first-order valence-electron chi connectivity index (χ1n) is 6.21. The number of aryl methyl sites for hydroxylation is 1. The lowest BCUT2D eigenvalue weighted by atomic mass is 9.92. The second-order valence-electron chi connectivity index (χ2n) is 4.85. The molecule has 2 atom stereocenters. The number of amides is 1. The molecule has 1 fully saturated rings. The average molecular weight is 252 g/mol. The third-order valence-corrected chi connectivity index (χ3v) is 4.38. The van der Waals surface area contributed by atoms with Gasteiger partial charge in [0.15, 0.2) is 0 Å². The summed E-state index contributed by atoms with van der Waals surface area (Å²) in [6.45, 7) is 5.84. The van der Waals surface area contributed by atoms with Crippen LogP contribution >= 0.6 is 11.3 Å². The van der Waals surface area contributed by atoms with Crippen LogP contribution in [0.2, 0.25) is 0 Å². The number of thiophene rings is 1. The molecular weight excluding hydrogens is 232 g/mol. The summed E-state index contributed by atoms with van der Waals surface area (Å²) in [5, 5.41) is 10.6. The standard InChI is InChI=1S/C13H20N2OS/c1-9-4-3-5-14-12(9)13(16)15-6-11-8-17-7-10(11)2/h7-9,12,14H,3-6H2,1-2H3,(H,15,16). The normalized spacial score (nSPS) is 24.6. The maximum atomic E-state index is 12.0. The van der Waals surface area contributed by atoms with E-state index in [1.807, 2.05) is 0 Å². The molecule has 2 unspecified atom stereocenters. The van der Waals surface area contributed by atoms with Crippen molar-refractivity contribution in [3.63, 3.8) is 0 Å². The topological polar surface area (TPSA) is 41.1 Å². The maximum absolute atomic E-state index is 12.0. The molecule has 2 rings (SSSR count). The van der Waals surface area contributed by atoms with Crippen LogP contribution in [-0.2, 0) is 11.3 Å². The number of piperidine rings is 1. The highest BCUT2D eigenvalue weighted by Gasteiger charge is 2.26. The summed E-state index contributed by atoms with van der Waals surface area (Å²) in [6.07, 6.45) is 2.32. The first-order chi connectivity index (χ1) is 8.18. The predicted octanol–water partition coefficient (Wildman–Crippen LogP) is 2.06. The molecule has 0 aliphatic carbocycles. The van der Waals surface area contributed by atoms with Crippen molar-refractivity contribution in [2.75, 3.05) is 6.54 Å². The van der Waals surface area contributed by atoms with Crippen molar-refractivity contribution in [1.29, 1.82) is 0 Å². The van der Waals surface area contributed by atoms with Gasteiger partial charge in [0.2, 0.25) is 5.91 Å². The molecule has 0 saturated carbocycles. The lowest BCUT2D eigenvalue weighted by molar-refractivity contribution is -0.125. The smallest absolute Gasteiger partial charge is 0.237 e. The van der Waals surface area contributed by atoms with Crippen molar-refractivity contribution in [2.45, 2.75) is 39.3 Å².